The van der Waals surface area contributed by atoms with Gasteiger partial charge in [-0.2, -0.15) is 0 Å². The lowest BCUT2D eigenvalue weighted by molar-refractivity contribution is -0.135. The predicted octanol–water partition coefficient (Wildman–Crippen LogP) is 1.71. The van der Waals surface area contributed by atoms with Crippen LogP contribution in [0.15, 0.2) is 23.0 Å². The van der Waals surface area contributed by atoms with E-state index in [1.165, 1.54) is 0 Å². The number of rotatable bonds is 3. The quantitative estimate of drug-likeness (QED) is 0.756. The van der Waals surface area contributed by atoms with Gasteiger partial charge in [0.15, 0.2) is 0 Å². The Labute approximate surface area is 168 Å². The predicted molar refractivity (Wildman–Crippen MR) is 105 cm³/mol. The van der Waals surface area contributed by atoms with Crippen molar-refractivity contribution in [1.29, 1.82) is 0 Å². The van der Waals surface area contributed by atoms with Gasteiger partial charge in [0.25, 0.3) is 5.56 Å². The lowest BCUT2D eigenvalue weighted by atomic mass is 10.0. The molecule has 0 aliphatic carbocycles. The van der Waals surface area contributed by atoms with Gasteiger partial charge < -0.3 is 10.1 Å². The molecule has 1 aromatic carbocycles. The zero-order valence-electron chi connectivity index (χ0n) is 17.8. The molecule has 1 aliphatic heterocycles. The second kappa shape index (κ2) is 7.65. The Morgan fingerprint density at radius 2 is 2.10 bits per heavy atom. The first-order valence-electron chi connectivity index (χ1n) is 9.75. The highest BCUT2D eigenvalue weighted by molar-refractivity contribution is 5.99. The molecule has 3 amide bonds. The van der Waals surface area contributed by atoms with Gasteiger partial charge in [-0.1, -0.05) is 6.07 Å². The molecule has 2 aromatic rings. The van der Waals surface area contributed by atoms with Gasteiger partial charge in [-0.15, -0.1) is 0 Å². The molecule has 0 unspecified atom stereocenters. The molecule has 1 fully saturated rings. The van der Waals surface area contributed by atoms with E-state index in [1.54, 1.807) is 45.9 Å². The summed E-state index contributed by atoms with van der Waals surface area (Å²) in [6.07, 6.45) is -0.750. The number of nitrogens with one attached hydrogen (secondary N) is 2. The van der Waals surface area contributed by atoms with E-state index in [9.17, 15) is 19.2 Å². The molecule has 2 N–H and O–H groups in total. The molecule has 1 atom stereocenters. The number of ether oxygens (including phenoxy) is 1. The molecular formula is C20H24N4O5. The minimum atomic E-state index is -1.96. The number of fused-ring (bicyclic) bond motifs is 1. The highest BCUT2D eigenvalue weighted by Gasteiger charge is 2.30. The van der Waals surface area contributed by atoms with Crippen molar-refractivity contribution in [2.24, 2.45) is 0 Å². The summed E-state index contributed by atoms with van der Waals surface area (Å²) in [7, 11) is 0. The fourth-order valence-electron chi connectivity index (χ4n) is 3.08. The Kier molecular flexibility index (Phi) is 5.04. The number of alkyl carbamates (subject to hydrolysis) is 1. The van der Waals surface area contributed by atoms with E-state index in [1.807, 2.05) is 0 Å². The first kappa shape index (κ1) is 19.1. The highest BCUT2D eigenvalue weighted by atomic mass is 16.6. The smallest absolute Gasteiger partial charge is 0.407 e. The molecular weight excluding hydrogens is 376 g/mol. The van der Waals surface area contributed by atoms with E-state index < -0.39 is 35.1 Å². The van der Waals surface area contributed by atoms with Crippen molar-refractivity contribution >= 4 is 28.8 Å². The summed E-state index contributed by atoms with van der Waals surface area (Å²) in [6, 6.07) is 2.97. The van der Waals surface area contributed by atoms with Crippen LogP contribution in [-0.2, 0) is 20.9 Å². The van der Waals surface area contributed by atoms with Crippen LogP contribution >= 0.6 is 0 Å². The lowest BCUT2D eigenvalue weighted by Gasteiger charge is -2.24. The third kappa shape index (κ3) is 4.61. The van der Waals surface area contributed by atoms with Gasteiger partial charge in [0.1, 0.15) is 17.4 Å². The fourth-order valence-corrected chi connectivity index (χ4v) is 3.08. The maximum Gasteiger partial charge on any atom is 0.407 e. The van der Waals surface area contributed by atoms with Crippen molar-refractivity contribution in [2.75, 3.05) is 0 Å². The maximum absolute atomic E-state index is 13.2. The standard InChI is InChI=1S/C20H24N4O5/c1-11-22-14-6-5-12(10-21-19(28)29-20(2,3)4)9-13(14)18(27)24(11)15-7-8-16(25)23-17(15)26/h5-6,9,15H,7-8,10H2,1-4H3,(H,21,28)(H,23,25,26)/t15-/m1/s1/i15D. The van der Waals surface area contributed by atoms with Crippen LogP contribution < -0.4 is 16.2 Å². The average molecular weight is 401 g/mol. The minimum Gasteiger partial charge on any atom is -0.444 e. The summed E-state index contributed by atoms with van der Waals surface area (Å²) < 4.78 is 14.8. The van der Waals surface area contributed by atoms with Crippen molar-refractivity contribution in [3.63, 3.8) is 0 Å². The van der Waals surface area contributed by atoms with Crippen molar-refractivity contribution in [3.05, 3.63) is 39.9 Å². The topological polar surface area (TPSA) is 119 Å². The first-order valence-corrected chi connectivity index (χ1v) is 9.25. The summed E-state index contributed by atoms with van der Waals surface area (Å²) in [6.45, 7) is 6.93. The van der Waals surface area contributed by atoms with Crippen LogP contribution in [0.1, 0.15) is 52.4 Å². The number of amides is 3. The number of piperidine rings is 1. The SMILES string of the molecule is [2H][C@@]1(n2c(C)nc3ccc(CNC(=O)OC(C)(C)C)cc3c2=O)CCC(=O)NC1=O. The van der Waals surface area contributed by atoms with Crippen LogP contribution in [0.3, 0.4) is 0 Å². The Morgan fingerprint density at radius 3 is 2.76 bits per heavy atom. The van der Waals surface area contributed by atoms with Gasteiger partial charge in [0.05, 0.1) is 12.3 Å². The number of nitrogens with zero attached hydrogens (tertiary/aromatic N) is 2. The molecule has 1 aliphatic rings. The molecule has 1 aromatic heterocycles. The third-order valence-electron chi connectivity index (χ3n) is 4.31. The van der Waals surface area contributed by atoms with Crippen LogP contribution in [0, 0.1) is 6.92 Å². The molecule has 29 heavy (non-hydrogen) atoms. The van der Waals surface area contributed by atoms with Crippen molar-refractivity contribution in [3.8, 4) is 0 Å². The summed E-state index contributed by atoms with van der Waals surface area (Å²) >= 11 is 0. The number of benzene rings is 1. The molecule has 154 valence electrons. The summed E-state index contributed by atoms with van der Waals surface area (Å²) in [4.78, 5) is 53.2. The van der Waals surface area contributed by atoms with E-state index in [-0.39, 0.29) is 30.6 Å². The molecule has 1 saturated heterocycles. The van der Waals surface area contributed by atoms with Gasteiger partial charge >= 0.3 is 6.09 Å². The van der Waals surface area contributed by atoms with Crippen molar-refractivity contribution in [1.82, 2.24) is 20.2 Å². The maximum atomic E-state index is 13.2. The van der Waals surface area contributed by atoms with E-state index >= 15 is 0 Å². The largest absolute Gasteiger partial charge is 0.444 e. The fraction of sp³-hybridized carbons (Fsp3) is 0.450. The van der Waals surface area contributed by atoms with Crippen molar-refractivity contribution < 1.29 is 20.5 Å². The highest BCUT2D eigenvalue weighted by Crippen LogP contribution is 2.20. The molecule has 9 nitrogen and oxygen atoms in total. The Morgan fingerprint density at radius 1 is 1.38 bits per heavy atom. The van der Waals surface area contributed by atoms with Crippen LogP contribution in [0.25, 0.3) is 10.9 Å². The zero-order chi connectivity index (χ0) is 22.3. The average Bonchev–Trinajstić information content (AvgIpc) is 2.62. The third-order valence-corrected chi connectivity index (χ3v) is 4.31. The number of carbonyl (C=O) groups excluding carboxylic acids is 3. The monoisotopic (exact) mass is 401 g/mol. The molecule has 9 heteroatoms. The van der Waals surface area contributed by atoms with Gasteiger partial charge in [-0.3, -0.25) is 24.3 Å². The van der Waals surface area contributed by atoms with Gasteiger partial charge in [0, 0.05) is 13.0 Å². The van der Waals surface area contributed by atoms with E-state index in [4.69, 9.17) is 6.11 Å². The normalized spacial score (nSPS) is 20.2. The van der Waals surface area contributed by atoms with Crippen LogP contribution in [0.4, 0.5) is 4.79 Å². The van der Waals surface area contributed by atoms with Crippen molar-refractivity contribution in [2.45, 2.75) is 58.7 Å². The molecule has 0 saturated carbocycles. The molecule has 2 heterocycles. The zero-order valence-corrected chi connectivity index (χ0v) is 16.8. The van der Waals surface area contributed by atoms with Gasteiger partial charge in [-0.25, -0.2) is 9.78 Å². The number of aromatic nitrogens is 2. The number of hydrogen-bond acceptors (Lipinski definition) is 6. The lowest BCUT2D eigenvalue weighted by Crippen LogP contribution is -2.45. The first-order chi connectivity index (χ1) is 13.9. The van der Waals surface area contributed by atoms with E-state index in [0.29, 0.717) is 11.1 Å². The van der Waals surface area contributed by atoms with Gasteiger partial charge in [-0.05, 0) is 51.8 Å². The Bertz CT molecular complexity index is 1100. The molecule has 0 bridgehead atoms. The minimum absolute atomic E-state index is 0.0427. The molecule has 0 radical (unpaired) electrons. The Hall–Kier alpha value is -3.23. The molecule has 0 spiro atoms. The number of hydrogen-bond donors (Lipinski definition) is 2. The summed E-state index contributed by atoms with van der Waals surface area (Å²) in [5, 5.41) is 4.95. The second-order valence-corrected chi connectivity index (χ2v) is 7.83. The van der Waals surface area contributed by atoms with Crippen LogP contribution in [0.5, 0.6) is 0 Å². The number of carbonyl (C=O) groups is 3. The Balaban J connectivity index is 1.96. The van der Waals surface area contributed by atoms with Gasteiger partial charge in [0.2, 0.25) is 11.8 Å². The summed E-state index contributed by atoms with van der Waals surface area (Å²) in [5.74, 6) is -1.13. The second-order valence-electron chi connectivity index (χ2n) is 7.83. The van der Waals surface area contributed by atoms with Crippen LogP contribution in [0.2, 0.25) is 0 Å². The van der Waals surface area contributed by atoms with E-state index in [2.05, 4.69) is 15.6 Å². The molecule has 3 rings (SSSR count). The van der Waals surface area contributed by atoms with Crippen LogP contribution in [-0.4, -0.2) is 33.1 Å². The van der Waals surface area contributed by atoms with E-state index in [0.717, 1.165) is 4.57 Å². The number of aryl methyl sites for hydroxylation is 1. The summed E-state index contributed by atoms with van der Waals surface area (Å²) in [5.41, 5.74) is -0.153. The number of imide groups is 1.